The highest BCUT2D eigenvalue weighted by Gasteiger charge is 2.25. The van der Waals surface area contributed by atoms with Crippen LogP contribution in [0.3, 0.4) is 0 Å². The number of H-pyrrole nitrogens is 1. The largest absolute Gasteiger partial charge is 0.478 e. The molecule has 6 heteroatoms. The van der Waals surface area contributed by atoms with Crippen LogP contribution in [0.1, 0.15) is 32.0 Å². The van der Waals surface area contributed by atoms with Crippen molar-refractivity contribution in [2.24, 2.45) is 0 Å². The molecule has 2 aromatic rings. The fraction of sp³-hybridized carbons (Fsp3) is 0.143. The normalized spacial score (nSPS) is 13.3. The number of halogens is 1. The van der Waals surface area contributed by atoms with Gasteiger partial charge >= 0.3 is 5.97 Å². The fourth-order valence-corrected chi connectivity index (χ4v) is 2.68. The molecule has 1 amide bonds. The molecular formula is C14H11BrN2O3. The summed E-state index contributed by atoms with van der Waals surface area (Å²) in [5.74, 6) is -1.05. The number of hydrogen-bond donors (Lipinski definition) is 2. The standard InChI is InChI=1S/C14H11BrN2O3/c15-11-4-12(16-5-11)13(18)17-6-9-2-1-8(14(19)20)3-10(9)7-17/h1-5,16H,6-7H2,(H,19,20). The van der Waals surface area contributed by atoms with Crippen molar-refractivity contribution in [2.45, 2.75) is 13.1 Å². The van der Waals surface area contributed by atoms with Gasteiger partial charge in [0.25, 0.3) is 5.91 Å². The molecule has 5 nitrogen and oxygen atoms in total. The first-order valence-corrected chi connectivity index (χ1v) is 6.82. The summed E-state index contributed by atoms with van der Waals surface area (Å²) in [6, 6.07) is 6.71. The Hall–Kier alpha value is -2.08. The molecule has 2 heterocycles. The molecule has 0 fully saturated rings. The lowest BCUT2D eigenvalue weighted by molar-refractivity contribution is 0.0696. The van der Waals surface area contributed by atoms with Crippen molar-refractivity contribution in [1.29, 1.82) is 0 Å². The van der Waals surface area contributed by atoms with Crippen LogP contribution >= 0.6 is 15.9 Å². The van der Waals surface area contributed by atoms with E-state index in [1.807, 2.05) is 0 Å². The Labute approximate surface area is 123 Å². The summed E-state index contributed by atoms with van der Waals surface area (Å²) in [5, 5.41) is 8.98. The highest BCUT2D eigenvalue weighted by molar-refractivity contribution is 9.10. The third-order valence-electron chi connectivity index (χ3n) is 3.34. The minimum Gasteiger partial charge on any atom is -0.478 e. The van der Waals surface area contributed by atoms with Crippen molar-refractivity contribution in [3.63, 3.8) is 0 Å². The van der Waals surface area contributed by atoms with E-state index in [9.17, 15) is 9.59 Å². The van der Waals surface area contributed by atoms with Crippen LogP contribution in [0, 0.1) is 0 Å². The van der Waals surface area contributed by atoms with Crippen LogP contribution in [-0.4, -0.2) is 26.9 Å². The van der Waals surface area contributed by atoms with Crippen molar-refractivity contribution < 1.29 is 14.7 Å². The molecule has 0 atom stereocenters. The second kappa shape index (κ2) is 4.79. The highest BCUT2D eigenvalue weighted by Crippen LogP contribution is 2.25. The lowest BCUT2D eigenvalue weighted by atomic mass is 10.1. The van der Waals surface area contributed by atoms with E-state index in [0.29, 0.717) is 18.8 Å². The molecule has 1 aliphatic heterocycles. The lowest BCUT2D eigenvalue weighted by Gasteiger charge is -2.13. The average molecular weight is 335 g/mol. The maximum Gasteiger partial charge on any atom is 0.335 e. The van der Waals surface area contributed by atoms with Crippen molar-refractivity contribution in [3.05, 3.63) is 57.3 Å². The smallest absolute Gasteiger partial charge is 0.335 e. The number of carboxylic acid groups (broad SMARTS) is 1. The van der Waals surface area contributed by atoms with Crippen LogP contribution in [0.15, 0.2) is 34.9 Å². The van der Waals surface area contributed by atoms with Gasteiger partial charge in [-0.3, -0.25) is 4.79 Å². The number of rotatable bonds is 2. The summed E-state index contributed by atoms with van der Waals surface area (Å²) >= 11 is 3.30. The first-order chi connectivity index (χ1) is 9.54. The van der Waals surface area contributed by atoms with Gasteiger partial charge in [0.05, 0.1) is 5.56 Å². The molecule has 0 bridgehead atoms. The number of amides is 1. The van der Waals surface area contributed by atoms with E-state index in [-0.39, 0.29) is 11.5 Å². The Bertz CT molecular complexity index is 708. The van der Waals surface area contributed by atoms with Crippen molar-refractivity contribution in [1.82, 2.24) is 9.88 Å². The molecular weight excluding hydrogens is 324 g/mol. The number of nitrogens with zero attached hydrogens (tertiary/aromatic N) is 1. The van der Waals surface area contributed by atoms with Crippen molar-refractivity contribution >= 4 is 27.8 Å². The van der Waals surface area contributed by atoms with Crippen LogP contribution in [0.2, 0.25) is 0 Å². The predicted molar refractivity (Wildman–Crippen MR) is 75.5 cm³/mol. The van der Waals surface area contributed by atoms with Gasteiger partial charge < -0.3 is 15.0 Å². The SMILES string of the molecule is O=C(O)c1ccc2c(c1)CN(C(=O)c1cc(Br)c[nH]1)C2. The van der Waals surface area contributed by atoms with Crippen molar-refractivity contribution in [2.75, 3.05) is 0 Å². The van der Waals surface area contributed by atoms with Gasteiger partial charge in [-0.2, -0.15) is 0 Å². The summed E-state index contributed by atoms with van der Waals surface area (Å²) in [7, 11) is 0. The van der Waals surface area contributed by atoms with E-state index in [0.717, 1.165) is 15.6 Å². The van der Waals surface area contributed by atoms with Gasteiger partial charge in [0.15, 0.2) is 0 Å². The predicted octanol–water partition coefficient (Wildman–Crippen LogP) is 2.63. The molecule has 102 valence electrons. The van der Waals surface area contributed by atoms with E-state index in [1.54, 1.807) is 35.4 Å². The quantitative estimate of drug-likeness (QED) is 0.886. The monoisotopic (exact) mass is 334 g/mol. The van der Waals surface area contributed by atoms with Crippen LogP contribution in [-0.2, 0) is 13.1 Å². The number of carboxylic acids is 1. The number of fused-ring (bicyclic) bond motifs is 1. The minimum absolute atomic E-state index is 0.0937. The molecule has 1 aromatic heterocycles. The lowest BCUT2D eigenvalue weighted by Crippen LogP contribution is -2.25. The first kappa shape index (κ1) is 12.9. The number of carbonyl (C=O) groups excluding carboxylic acids is 1. The molecule has 0 saturated carbocycles. The van der Waals surface area contributed by atoms with E-state index in [1.165, 1.54) is 0 Å². The Kier molecular flexibility index (Phi) is 3.10. The Morgan fingerprint density at radius 3 is 2.60 bits per heavy atom. The molecule has 0 aliphatic carbocycles. The van der Waals surface area contributed by atoms with Crippen LogP contribution in [0.4, 0.5) is 0 Å². The zero-order valence-electron chi connectivity index (χ0n) is 10.4. The molecule has 2 N–H and O–H groups in total. The number of benzene rings is 1. The van der Waals surface area contributed by atoms with E-state index >= 15 is 0 Å². The van der Waals surface area contributed by atoms with E-state index < -0.39 is 5.97 Å². The van der Waals surface area contributed by atoms with Gasteiger partial charge in [0.1, 0.15) is 5.69 Å². The third-order valence-corrected chi connectivity index (χ3v) is 3.80. The number of hydrogen-bond acceptors (Lipinski definition) is 2. The number of aromatic amines is 1. The second-order valence-electron chi connectivity index (χ2n) is 4.68. The van der Waals surface area contributed by atoms with Gasteiger partial charge in [0, 0.05) is 23.8 Å². The zero-order valence-corrected chi connectivity index (χ0v) is 12.0. The summed E-state index contributed by atoms with van der Waals surface area (Å²) < 4.78 is 0.825. The van der Waals surface area contributed by atoms with Crippen LogP contribution < -0.4 is 0 Å². The van der Waals surface area contributed by atoms with Crippen LogP contribution in [0.5, 0.6) is 0 Å². The molecule has 0 saturated heterocycles. The molecule has 0 radical (unpaired) electrons. The number of aromatic nitrogens is 1. The van der Waals surface area contributed by atoms with E-state index in [4.69, 9.17) is 5.11 Å². The van der Waals surface area contributed by atoms with Gasteiger partial charge in [-0.25, -0.2) is 4.79 Å². The summed E-state index contributed by atoms with van der Waals surface area (Å²) in [5.41, 5.74) is 2.65. The molecule has 1 aromatic carbocycles. The summed E-state index contributed by atoms with van der Waals surface area (Å²) in [4.78, 5) is 27.9. The van der Waals surface area contributed by atoms with Gasteiger partial charge in [0.2, 0.25) is 0 Å². The molecule has 0 unspecified atom stereocenters. The molecule has 20 heavy (non-hydrogen) atoms. The second-order valence-corrected chi connectivity index (χ2v) is 5.60. The summed E-state index contributed by atoms with van der Waals surface area (Å²) in [6.45, 7) is 0.941. The first-order valence-electron chi connectivity index (χ1n) is 6.03. The van der Waals surface area contributed by atoms with Gasteiger partial charge in [-0.1, -0.05) is 6.07 Å². The third kappa shape index (κ3) is 2.22. The zero-order chi connectivity index (χ0) is 14.3. The molecule has 1 aliphatic rings. The summed E-state index contributed by atoms with van der Waals surface area (Å²) in [6.07, 6.45) is 1.71. The number of nitrogens with one attached hydrogen (secondary N) is 1. The minimum atomic E-state index is -0.953. The Morgan fingerprint density at radius 2 is 1.95 bits per heavy atom. The molecule has 0 spiro atoms. The number of aromatic carboxylic acids is 1. The van der Waals surface area contributed by atoms with Crippen LogP contribution in [0.25, 0.3) is 0 Å². The van der Waals surface area contributed by atoms with Gasteiger partial charge in [-0.05, 0) is 45.3 Å². The maximum absolute atomic E-state index is 12.3. The highest BCUT2D eigenvalue weighted by atomic mass is 79.9. The van der Waals surface area contributed by atoms with Gasteiger partial charge in [-0.15, -0.1) is 0 Å². The van der Waals surface area contributed by atoms with Crippen molar-refractivity contribution in [3.8, 4) is 0 Å². The Balaban J connectivity index is 1.83. The number of carbonyl (C=O) groups is 2. The maximum atomic E-state index is 12.3. The average Bonchev–Trinajstić information content (AvgIpc) is 3.02. The Morgan fingerprint density at radius 1 is 1.20 bits per heavy atom. The van der Waals surface area contributed by atoms with E-state index in [2.05, 4.69) is 20.9 Å². The fourth-order valence-electron chi connectivity index (χ4n) is 2.33. The molecule has 3 rings (SSSR count). The topological polar surface area (TPSA) is 73.4 Å².